The lowest BCUT2D eigenvalue weighted by atomic mass is 10.1. The summed E-state index contributed by atoms with van der Waals surface area (Å²) in [6, 6.07) is 5.04. The molecule has 6 heteroatoms. The summed E-state index contributed by atoms with van der Waals surface area (Å²) < 4.78 is 5.27. The molecule has 0 aromatic heterocycles. The average Bonchev–Trinajstić information content (AvgIpc) is 2.42. The fourth-order valence-corrected chi connectivity index (χ4v) is 2.73. The summed E-state index contributed by atoms with van der Waals surface area (Å²) in [5.74, 6) is -0.152. The van der Waals surface area contributed by atoms with Gasteiger partial charge in [-0.25, -0.2) is 0 Å². The second-order valence-corrected chi connectivity index (χ2v) is 6.39. The third kappa shape index (κ3) is 5.67. The molecule has 21 heavy (non-hydrogen) atoms. The summed E-state index contributed by atoms with van der Waals surface area (Å²) in [6.45, 7) is 4.95. The maximum atomic E-state index is 12.6. The van der Waals surface area contributed by atoms with Gasteiger partial charge in [0.15, 0.2) is 0 Å². The number of nitrogens with zero attached hydrogens (tertiary/aromatic N) is 1. The molecule has 0 atom stereocenters. The van der Waals surface area contributed by atoms with E-state index in [0.29, 0.717) is 34.1 Å². The van der Waals surface area contributed by atoms with E-state index in [1.165, 1.54) is 7.11 Å². The van der Waals surface area contributed by atoms with E-state index in [1.54, 1.807) is 23.1 Å². The van der Waals surface area contributed by atoms with Crippen LogP contribution in [0.15, 0.2) is 22.7 Å². The first-order valence-electron chi connectivity index (χ1n) is 6.66. The van der Waals surface area contributed by atoms with Gasteiger partial charge in [0.25, 0.3) is 5.91 Å². The lowest BCUT2D eigenvalue weighted by Crippen LogP contribution is -2.36. The number of carbonyl (C=O) groups is 2. The van der Waals surface area contributed by atoms with Crippen molar-refractivity contribution < 1.29 is 14.3 Å². The number of ether oxygens (including phenoxy) is 1. The highest BCUT2D eigenvalue weighted by Crippen LogP contribution is 2.23. The van der Waals surface area contributed by atoms with Crippen LogP contribution in [0.3, 0.4) is 0 Å². The Hall–Kier alpha value is -1.07. The Bertz CT molecular complexity index is 520. The number of hydrogen-bond donors (Lipinski definition) is 0. The Kier molecular flexibility index (Phi) is 7.18. The predicted molar refractivity (Wildman–Crippen MR) is 86.5 cm³/mol. The second-order valence-electron chi connectivity index (χ2n) is 5.10. The van der Waals surface area contributed by atoms with Crippen LogP contribution in [-0.4, -0.2) is 37.0 Å². The van der Waals surface area contributed by atoms with Gasteiger partial charge >= 0.3 is 5.97 Å². The van der Waals surface area contributed by atoms with Crippen molar-refractivity contribution >= 4 is 39.4 Å². The second kappa shape index (κ2) is 8.39. The summed E-state index contributed by atoms with van der Waals surface area (Å²) in [6.07, 6.45) is 0.181. The zero-order valence-electron chi connectivity index (χ0n) is 12.4. The maximum absolute atomic E-state index is 12.6. The summed E-state index contributed by atoms with van der Waals surface area (Å²) in [7, 11) is 1.34. The highest BCUT2D eigenvalue weighted by molar-refractivity contribution is 9.10. The van der Waals surface area contributed by atoms with Gasteiger partial charge in [-0.15, -0.1) is 0 Å². The van der Waals surface area contributed by atoms with E-state index in [4.69, 9.17) is 11.6 Å². The molecule has 0 fully saturated rings. The lowest BCUT2D eigenvalue weighted by molar-refractivity contribution is -0.140. The predicted octanol–water partition coefficient (Wildman–Crippen LogP) is 3.76. The minimum atomic E-state index is -0.327. The fraction of sp³-hybridized carbons (Fsp3) is 0.467. The van der Waals surface area contributed by atoms with Crippen molar-refractivity contribution in [3.8, 4) is 0 Å². The Morgan fingerprint density at radius 1 is 1.38 bits per heavy atom. The molecule has 1 rings (SSSR count). The molecular formula is C15H19BrClNO3. The molecule has 0 N–H and O–H groups in total. The number of benzene rings is 1. The zero-order chi connectivity index (χ0) is 16.0. The van der Waals surface area contributed by atoms with E-state index in [0.717, 1.165) is 0 Å². The largest absolute Gasteiger partial charge is 0.469 e. The topological polar surface area (TPSA) is 46.6 Å². The highest BCUT2D eigenvalue weighted by atomic mass is 79.9. The highest BCUT2D eigenvalue weighted by Gasteiger charge is 2.20. The van der Waals surface area contributed by atoms with E-state index in [9.17, 15) is 9.59 Å². The number of amides is 1. The number of halogens is 2. The van der Waals surface area contributed by atoms with Crippen LogP contribution >= 0.6 is 27.5 Å². The van der Waals surface area contributed by atoms with Crippen molar-refractivity contribution in [1.29, 1.82) is 0 Å². The van der Waals surface area contributed by atoms with Gasteiger partial charge in [-0.05, 0) is 40.0 Å². The zero-order valence-corrected chi connectivity index (χ0v) is 14.7. The molecule has 1 aromatic rings. The summed E-state index contributed by atoms with van der Waals surface area (Å²) in [4.78, 5) is 25.6. The minimum Gasteiger partial charge on any atom is -0.469 e. The molecule has 4 nitrogen and oxygen atoms in total. The molecule has 0 aliphatic carbocycles. The van der Waals surface area contributed by atoms with Crippen LogP contribution in [0.25, 0.3) is 0 Å². The maximum Gasteiger partial charge on any atom is 0.307 e. The molecule has 0 aliphatic rings. The smallest absolute Gasteiger partial charge is 0.307 e. The van der Waals surface area contributed by atoms with Crippen LogP contribution in [0.1, 0.15) is 30.6 Å². The van der Waals surface area contributed by atoms with E-state index >= 15 is 0 Å². The molecule has 0 saturated heterocycles. The van der Waals surface area contributed by atoms with Gasteiger partial charge in [-0.2, -0.15) is 0 Å². The molecular weight excluding hydrogens is 358 g/mol. The molecule has 116 valence electrons. The summed E-state index contributed by atoms with van der Waals surface area (Å²) >= 11 is 9.24. The van der Waals surface area contributed by atoms with E-state index < -0.39 is 0 Å². The van der Waals surface area contributed by atoms with Gasteiger partial charge in [0.2, 0.25) is 0 Å². The Morgan fingerprint density at radius 2 is 2.05 bits per heavy atom. The molecule has 0 heterocycles. The van der Waals surface area contributed by atoms with Crippen molar-refractivity contribution in [2.75, 3.05) is 20.2 Å². The molecule has 0 radical (unpaired) electrons. The number of esters is 1. The third-order valence-electron chi connectivity index (χ3n) is 2.85. The van der Waals surface area contributed by atoms with Crippen molar-refractivity contribution in [3.63, 3.8) is 0 Å². The first-order valence-corrected chi connectivity index (χ1v) is 7.83. The molecule has 1 amide bonds. The Labute approximate surface area is 138 Å². The van der Waals surface area contributed by atoms with Crippen molar-refractivity contribution in [2.24, 2.45) is 5.92 Å². The van der Waals surface area contributed by atoms with Gasteiger partial charge in [0.05, 0.1) is 19.1 Å². The van der Waals surface area contributed by atoms with Gasteiger partial charge in [0.1, 0.15) is 0 Å². The van der Waals surface area contributed by atoms with Crippen LogP contribution in [0.2, 0.25) is 5.02 Å². The Morgan fingerprint density at radius 3 is 2.57 bits per heavy atom. The van der Waals surface area contributed by atoms with Crippen LogP contribution in [0.5, 0.6) is 0 Å². The van der Waals surface area contributed by atoms with Crippen LogP contribution < -0.4 is 0 Å². The summed E-state index contributed by atoms with van der Waals surface area (Å²) in [5.41, 5.74) is 0.532. The SMILES string of the molecule is COC(=O)CCN(CC(C)C)C(=O)c1ccc(Cl)cc1Br. The normalized spacial score (nSPS) is 10.6. The number of carbonyl (C=O) groups excluding carboxylic acids is 2. The van der Waals surface area contributed by atoms with Gasteiger partial charge in [0, 0.05) is 22.6 Å². The van der Waals surface area contributed by atoms with Crippen molar-refractivity contribution in [1.82, 2.24) is 4.90 Å². The molecule has 0 spiro atoms. The Balaban J connectivity index is 2.90. The minimum absolute atomic E-state index is 0.129. The van der Waals surface area contributed by atoms with E-state index in [1.807, 2.05) is 13.8 Å². The fourth-order valence-electron chi connectivity index (χ4n) is 1.88. The van der Waals surface area contributed by atoms with Crippen molar-refractivity contribution in [2.45, 2.75) is 20.3 Å². The molecule has 0 saturated carbocycles. The molecule has 0 aliphatic heterocycles. The standard InChI is InChI=1S/C15H19BrClNO3/c1-10(2)9-18(7-6-14(19)21-3)15(20)12-5-4-11(17)8-13(12)16/h4-5,8,10H,6-7,9H2,1-3H3. The molecule has 0 bridgehead atoms. The van der Waals surface area contributed by atoms with Gasteiger partial charge in [-0.1, -0.05) is 25.4 Å². The van der Waals surface area contributed by atoms with Crippen LogP contribution in [0, 0.1) is 5.92 Å². The summed E-state index contributed by atoms with van der Waals surface area (Å²) in [5, 5.41) is 0.559. The first kappa shape index (κ1) is 18.0. The van der Waals surface area contributed by atoms with Crippen LogP contribution in [-0.2, 0) is 9.53 Å². The van der Waals surface area contributed by atoms with Crippen molar-refractivity contribution in [3.05, 3.63) is 33.3 Å². The number of rotatable bonds is 6. The van der Waals surface area contributed by atoms with Gasteiger partial charge in [-0.3, -0.25) is 9.59 Å². The number of methoxy groups -OCH3 is 1. The number of hydrogen-bond acceptors (Lipinski definition) is 3. The average molecular weight is 377 g/mol. The van der Waals surface area contributed by atoms with E-state index in [2.05, 4.69) is 20.7 Å². The molecule has 0 unspecified atom stereocenters. The van der Waals surface area contributed by atoms with E-state index in [-0.39, 0.29) is 18.3 Å². The first-order chi connectivity index (χ1) is 9.85. The van der Waals surface area contributed by atoms with Crippen LogP contribution in [0.4, 0.5) is 0 Å². The van der Waals surface area contributed by atoms with Gasteiger partial charge < -0.3 is 9.64 Å². The molecule has 1 aromatic carbocycles. The lowest BCUT2D eigenvalue weighted by Gasteiger charge is -2.24. The quantitative estimate of drug-likeness (QED) is 0.710. The monoisotopic (exact) mass is 375 g/mol. The third-order valence-corrected chi connectivity index (χ3v) is 3.74.